The molecule has 2 aromatic carbocycles. The number of aryl methyl sites for hydroxylation is 1. The number of carbonyl (C=O) groups excluding carboxylic acids is 1. The first-order chi connectivity index (χ1) is 10.3. The summed E-state index contributed by atoms with van der Waals surface area (Å²) in [6.07, 6.45) is 4.83. The van der Waals surface area contributed by atoms with Gasteiger partial charge in [-0.2, -0.15) is 0 Å². The van der Waals surface area contributed by atoms with Crippen LogP contribution in [0.3, 0.4) is 0 Å². The van der Waals surface area contributed by atoms with Gasteiger partial charge in [-0.1, -0.05) is 36.4 Å². The first-order valence-electron chi connectivity index (χ1n) is 7.72. The molecule has 1 aliphatic carbocycles. The Hall–Kier alpha value is -2.09. The van der Waals surface area contributed by atoms with Crippen molar-refractivity contribution in [2.45, 2.75) is 38.2 Å². The third-order valence-electron chi connectivity index (χ3n) is 4.58. The van der Waals surface area contributed by atoms with E-state index in [1.807, 2.05) is 36.4 Å². The van der Waals surface area contributed by atoms with Gasteiger partial charge in [0.05, 0.1) is 12.0 Å². The first kappa shape index (κ1) is 12.6. The minimum atomic E-state index is -0.146. The van der Waals surface area contributed by atoms with Crippen LogP contribution < -0.4 is 4.74 Å². The molecule has 2 aliphatic rings. The number of hydrogen-bond acceptors (Lipinski definition) is 2. The second kappa shape index (κ2) is 5.03. The molecule has 0 saturated heterocycles. The average molecular weight is 278 g/mol. The molecule has 0 bridgehead atoms. The highest BCUT2D eigenvalue weighted by molar-refractivity contribution is 6.01. The zero-order valence-corrected chi connectivity index (χ0v) is 12.0. The molecule has 0 aromatic heterocycles. The summed E-state index contributed by atoms with van der Waals surface area (Å²) in [5.41, 5.74) is 4.53. The highest BCUT2D eigenvalue weighted by atomic mass is 16.5. The summed E-state index contributed by atoms with van der Waals surface area (Å²) in [6.45, 7) is 0. The summed E-state index contributed by atoms with van der Waals surface area (Å²) in [4.78, 5) is 12.7. The van der Waals surface area contributed by atoms with Crippen LogP contribution in [-0.4, -0.2) is 5.78 Å². The molecule has 0 saturated carbocycles. The molecule has 1 aliphatic heterocycles. The van der Waals surface area contributed by atoms with Gasteiger partial charge in [0.1, 0.15) is 11.9 Å². The molecular weight excluding hydrogens is 260 g/mol. The normalized spacial score (nSPS) is 20.4. The number of Topliss-reactive ketones (excluding diaryl/α,β-unsaturated/α-hetero) is 1. The van der Waals surface area contributed by atoms with Gasteiger partial charge in [-0.3, -0.25) is 4.79 Å². The molecule has 1 heterocycles. The van der Waals surface area contributed by atoms with E-state index >= 15 is 0 Å². The Morgan fingerprint density at radius 1 is 0.952 bits per heavy atom. The third kappa shape index (κ3) is 2.15. The highest BCUT2D eigenvalue weighted by Gasteiger charge is 2.31. The van der Waals surface area contributed by atoms with E-state index in [4.69, 9.17) is 4.74 Å². The molecule has 0 radical (unpaired) electrons. The molecular formula is C19H18O2. The SMILES string of the molecule is O=C1CC(c2ccccc2)Oc2ccc3c(c21)CCCC3. The lowest BCUT2D eigenvalue weighted by atomic mass is 9.84. The lowest BCUT2D eigenvalue weighted by Gasteiger charge is -2.29. The summed E-state index contributed by atoms with van der Waals surface area (Å²) < 4.78 is 6.13. The number of ether oxygens (including phenoxy) is 1. The minimum absolute atomic E-state index is 0.146. The van der Waals surface area contributed by atoms with E-state index in [1.165, 1.54) is 24.0 Å². The molecule has 2 aromatic rings. The van der Waals surface area contributed by atoms with Crippen LogP contribution in [0.1, 0.15) is 52.4 Å². The van der Waals surface area contributed by atoms with Crippen molar-refractivity contribution in [3.8, 4) is 5.75 Å². The summed E-state index contributed by atoms with van der Waals surface area (Å²) in [6, 6.07) is 14.2. The van der Waals surface area contributed by atoms with Crippen molar-refractivity contribution in [1.82, 2.24) is 0 Å². The Morgan fingerprint density at radius 2 is 1.76 bits per heavy atom. The second-order valence-electron chi connectivity index (χ2n) is 5.93. The Labute approximate surface area is 124 Å². The van der Waals surface area contributed by atoms with E-state index in [9.17, 15) is 4.79 Å². The van der Waals surface area contributed by atoms with Gasteiger partial charge in [0.25, 0.3) is 0 Å². The van der Waals surface area contributed by atoms with E-state index in [0.29, 0.717) is 6.42 Å². The van der Waals surface area contributed by atoms with Gasteiger partial charge >= 0.3 is 0 Å². The van der Waals surface area contributed by atoms with Gasteiger partial charge in [-0.25, -0.2) is 0 Å². The fourth-order valence-electron chi connectivity index (χ4n) is 3.53. The van der Waals surface area contributed by atoms with Gasteiger partial charge < -0.3 is 4.74 Å². The predicted octanol–water partition coefficient (Wildman–Crippen LogP) is 4.27. The average Bonchev–Trinajstić information content (AvgIpc) is 2.55. The van der Waals surface area contributed by atoms with E-state index in [-0.39, 0.29) is 11.9 Å². The maximum atomic E-state index is 12.7. The van der Waals surface area contributed by atoms with Crippen LogP contribution in [0.25, 0.3) is 0 Å². The summed E-state index contributed by atoms with van der Waals surface area (Å²) in [7, 11) is 0. The number of carbonyl (C=O) groups is 1. The maximum absolute atomic E-state index is 12.7. The van der Waals surface area contributed by atoms with Gasteiger partial charge in [0, 0.05) is 0 Å². The second-order valence-corrected chi connectivity index (χ2v) is 5.93. The summed E-state index contributed by atoms with van der Waals surface area (Å²) >= 11 is 0. The predicted molar refractivity (Wildman–Crippen MR) is 81.8 cm³/mol. The smallest absolute Gasteiger partial charge is 0.170 e. The largest absolute Gasteiger partial charge is 0.484 e. The monoisotopic (exact) mass is 278 g/mol. The van der Waals surface area contributed by atoms with Crippen LogP contribution in [0, 0.1) is 0 Å². The minimum Gasteiger partial charge on any atom is -0.484 e. The number of benzene rings is 2. The van der Waals surface area contributed by atoms with Crippen LogP contribution in [-0.2, 0) is 12.8 Å². The van der Waals surface area contributed by atoms with Crippen molar-refractivity contribution in [3.05, 3.63) is 64.7 Å². The lowest BCUT2D eigenvalue weighted by molar-refractivity contribution is 0.0848. The van der Waals surface area contributed by atoms with Gasteiger partial charge in [0.15, 0.2) is 5.78 Å². The molecule has 2 heteroatoms. The van der Waals surface area contributed by atoms with E-state index in [2.05, 4.69) is 6.07 Å². The molecule has 21 heavy (non-hydrogen) atoms. The van der Waals surface area contributed by atoms with Crippen molar-refractivity contribution in [1.29, 1.82) is 0 Å². The number of ketones is 1. The lowest BCUT2D eigenvalue weighted by Crippen LogP contribution is -2.23. The standard InChI is InChI=1S/C19H18O2/c20-16-12-18(14-7-2-1-3-8-14)21-17-11-10-13-6-4-5-9-15(13)19(16)17/h1-3,7-8,10-11,18H,4-6,9,12H2. The molecule has 0 spiro atoms. The topological polar surface area (TPSA) is 26.3 Å². The van der Waals surface area contributed by atoms with Crippen LogP contribution in [0.4, 0.5) is 0 Å². The number of hydrogen-bond donors (Lipinski definition) is 0. The maximum Gasteiger partial charge on any atom is 0.170 e. The van der Waals surface area contributed by atoms with E-state index in [0.717, 1.165) is 29.7 Å². The molecule has 4 rings (SSSR count). The van der Waals surface area contributed by atoms with Crippen LogP contribution >= 0.6 is 0 Å². The van der Waals surface area contributed by atoms with Gasteiger partial charge in [0.2, 0.25) is 0 Å². The van der Waals surface area contributed by atoms with Crippen molar-refractivity contribution in [2.24, 2.45) is 0 Å². The molecule has 106 valence electrons. The molecule has 1 unspecified atom stereocenters. The van der Waals surface area contributed by atoms with Crippen molar-refractivity contribution >= 4 is 5.78 Å². The van der Waals surface area contributed by atoms with Crippen molar-refractivity contribution in [3.63, 3.8) is 0 Å². The molecule has 0 amide bonds. The highest BCUT2D eigenvalue weighted by Crippen LogP contribution is 2.39. The van der Waals surface area contributed by atoms with Crippen molar-refractivity contribution in [2.75, 3.05) is 0 Å². The Bertz CT molecular complexity index is 688. The Balaban J connectivity index is 1.75. The molecule has 0 N–H and O–H groups in total. The Kier molecular flexibility index (Phi) is 3.03. The molecule has 0 fully saturated rings. The van der Waals surface area contributed by atoms with Gasteiger partial charge in [-0.15, -0.1) is 0 Å². The van der Waals surface area contributed by atoms with Crippen LogP contribution in [0.5, 0.6) is 5.75 Å². The third-order valence-corrected chi connectivity index (χ3v) is 4.58. The zero-order valence-electron chi connectivity index (χ0n) is 12.0. The van der Waals surface area contributed by atoms with Gasteiger partial charge in [-0.05, 0) is 48.4 Å². The summed E-state index contributed by atoms with van der Waals surface area (Å²) in [5, 5.41) is 0. The van der Waals surface area contributed by atoms with E-state index < -0.39 is 0 Å². The van der Waals surface area contributed by atoms with Crippen molar-refractivity contribution < 1.29 is 9.53 Å². The van der Waals surface area contributed by atoms with Crippen LogP contribution in [0.2, 0.25) is 0 Å². The van der Waals surface area contributed by atoms with E-state index in [1.54, 1.807) is 0 Å². The molecule has 2 nitrogen and oxygen atoms in total. The first-order valence-corrected chi connectivity index (χ1v) is 7.72. The fraction of sp³-hybridized carbons (Fsp3) is 0.316. The zero-order chi connectivity index (χ0) is 14.2. The fourth-order valence-corrected chi connectivity index (χ4v) is 3.53. The van der Waals surface area contributed by atoms with Crippen LogP contribution in [0.15, 0.2) is 42.5 Å². The number of fused-ring (bicyclic) bond motifs is 3. The Morgan fingerprint density at radius 3 is 2.62 bits per heavy atom. The quantitative estimate of drug-likeness (QED) is 0.778. The number of rotatable bonds is 1. The summed E-state index contributed by atoms with van der Waals surface area (Å²) in [5.74, 6) is 1.02. The molecule has 1 atom stereocenters.